The van der Waals surface area contributed by atoms with E-state index in [1.54, 1.807) is 0 Å². The predicted molar refractivity (Wildman–Crippen MR) is 40.1 cm³/mol. The standard InChI is InChI=1S/C8H6F5NO/c9-7(10)4-1-2-6(8(11,12)13)14-5(4)3-15/h1-2,7,15H,3H2. The van der Waals surface area contributed by atoms with Crippen LogP contribution in [0.25, 0.3) is 0 Å². The van der Waals surface area contributed by atoms with Crippen LogP contribution in [0.3, 0.4) is 0 Å². The van der Waals surface area contributed by atoms with E-state index >= 15 is 0 Å². The second kappa shape index (κ2) is 4.09. The second-order valence-electron chi connectivity index (χ2n) is 2.69. The molecular formula is C8H6F5NO. The van der Waals surface area contributed by atoms with Gasteiger partial charge in [0.05, 0.1) is 12.3 Å². The van der Waals surface area contributed by atoms with Gasteiger partial charge in [0, 0.05) is 5.56 Å². The van der Waals surface area contributed by atoms with Crippen LogP contribution < -0.4 is 0 Å². The number of rotatable bonds is 2. The molecule has 0 atom stereocenters. The molecule has 0 radical (unpaired) electrons. The molecule has 0 saturated carbocycles. The van der Waals surface area contributed by atoms with Gasteiger partial charge < -0.3 is 5.11 Å². The fourth-order valence-corrected chi connectivity index (χ4v) is 0.995. The summed E-state index contributed by atoms with van der Waals surface area (Å²) in [5, 5.41) is 8.59. The molecule has 1 heterocycles. The largest absolute Gasteiger partial charge is 0.433 e. The van der Waals surface area contributed by atoms with E-state index in [0.717, 1.165) is 0 Å². The maximum atomic E-state index is 12.2. The zero-order valence-corrected chi connectivity index (χ0v) is 7.22. The summed E-state index contributed by atoms with van der Waals surface area (Å²) in [7, 11) is 0. The third-order valence-corrected chi connectivity index (χ3v) is 1.68. The molecule has 1 aromatic rings. The van der Waals surface area contributed by atoms with Crippen molar-refractivity contribution < 1.29 is 27.1 Å². The van der Waals surface area contributed by atoms with Crippen molar-refractivity contribution in [2.45, 2.75) is 19.2 Å². The van der Waals surface area contributed by atoms with E-state index in [4.69, 9.17) is 5.11 Å². The Morgan fingerprint density at radius 2 is 1.87 bits per heavy atom. The highest BCUT2D eigenvalue weighted by Gasteiger charge is 2.33. The first-order valence-corrected chi connectivity index (χ1v) is 3.82. The number of hydrogen-bond donors (Lipinski definition) is 1. The van der Waals surface area contributed by atoms with E-state index in [2.05, 4.69) is 4.98 Å². The van der Waals surface area contributed by atoms with Crippen LogP contribution in [-0.2, 0) is 12.8 Å². The first kappa shape index (κ1) is 11.8. The number of nitrogens with zero attached hydrogens (tertiary/aromatic N) is 1. The van der Waals surface area contributed by atoms with Gasteiger partial charge in [-0.2, -0.15) is 13.2 Å². The quantitative estimate of drug-likeness (QED) is 0.787. The Bertz CT molecular complexity index is 349. The van der Waals surface area contributed by atoms with Gasteiger partial charge in [-0.3, -0.25) is 0 Å². The average molecular weight is 227 g/mol. The summed E-state index contributed by atoms with van der Waals surface area (Å²) in [6, 6.07) is 1.08. The van der Waals surface area contributed by atoms with Gasteiger partial charge in [-0.1, -0.05) is 0 Å². The van der Waals surface area contributed by atoms with E-state index in [0.29, 0.717) is 12.1 Å². The van der Waals surface area contributed by atoms with Crippen molar-refractivity contribution in [3.8, 4) is 0 Å². The maximum absolute atomic E-state index is 12.2. The molecule has 0 saturated heterocycles. The average Bonchev–Trinajstić information content (AvgIpc) is 2.15. The van der Waals surface area contributed by atoms with Crippen LogP contribution in [0, 0.1) is 0 Å². The van der Waals surface area contributed by atoms with Crippen LogP contribution >= 0.6 is 0 Å². The normalized spacial score (nSPS) is 12.2. The number of aromatic nitrogens is 1. The van der Waals surface area contributed by atoms with Crippen LogP contribution in [0.4, 0.5) is 22.0 Å². The summed E-state index contributed by atoms with van der Waals surface area (Å²) in [4.78, 5) is 2.93. The van der Waals surface area contributed by atoms with E-state index in [-0.39, 0.29) is 0 Å². The minimum absolute atomic E-state index is 0.459. The monoisotopic (exact) mass is 227 g/mol. The Morgan fingerprint density at radius 1 is 1.27 bits per heavy atom. The number of aliphatic hydroxyl groups excluding tert-OH is 1. The smallest absolute Gasteiger partial charge is 0.390 e. The Kier molecular flexibility index (Phi) is 3.23. The lowest BCUT2D eigenvalue weighted by molar-refractivity contribution is -0.141. The Morgan fingerprint density at radius 3 is 2.27 bits per heavy atom. The molecule has 2 nitrogen and oxygen atoms in total. The molecule has 0 bridgehead atoms. The van der Waals surface area contributed by atoms with Crippen LogP contribution in [0.15, 0.2) is 12.1 Å². The van der Waals surface area contributed by atoms with Crippen molar-refractivity contribution in [1.82, 2.24) is 4.98 Å². The van der Waals surface area contributed by atoms with Crippen LogP contribution in [0.2, 0.25) is 0 Å². The number of halogens is 5. The first-order valence-electron chi connectivity index (χ1n) is 3.82. The van der Waals surface area contributed by atoms with Crippen molar-refractivity contribution in [2.24, 2.45) is 0 Å². The highest BCUT2D eigenvalue weighted by atomic mass is 19.4. The first-order chi connectivity index (χ1) is 6.86. The van der Waals surface area contributed by atoms with Gasteiger partial charge in [0.1, 0.15) is 5.69 Å². The Hall–Kier alpha value is -1.24. The maximum Gasteiger partial charge on any atom is 0.433 e. The predicted octanol–water partition coefficient (Wildman–Crippen LogP) is 2.53. The molecule has 0 aromatic carbocycles. The SMILES string of the molecule is OCc1nc(C(F)(F)F)ccc1C(F)F. The minimum Gasteiger partial charge on any atom is -0.390 e. The number of alkyl halides is 5. The molecule has 1 N–H and O–H groups in total. The topological polar surface area (TPSA) is 33.1 Å². The molecule has 0 aliphatic carbocycles. The zero-order valence-electron chi connectivity index (χ0n) is 7.22. The highest BCUT2D eigenvalue weighted by molar-refractivity contribution is 5.24. The molecule has 0 aliphatic heterocycles. The third-order valence-electron chi connectivity index (χ3n) is 1.68. The Labute approximate surface area is 81.4 Å². The van der Waals surface area contributed by atoms with Crippen LogP contribution in [0.1, 0.15) is 23.4 Å². The summed E-state index contributed by atoms with van der Waals surface area (Å²) in [5.74, 6) is 0. The van der Waals surface area contributed by atoms with Crippen LogP contribution in [0.5, 0.6) is 0 Å². The van der Waals surface area contributed by atoms with E-state index in [1.807, 2.05) is 0 Å². The fraction of sp³-hybridized carbons (Fsp3) is 0.375. The van der Waals surface area contributed by atoms with Gasteiger partial charge in [-0.15, -0.1) is 0 Å². The number of pyridine rings is 1. The van der Waals surface area contributed by atoms with Gasteiger partial charge in [0.2, 0.25) is 0 Å². The zero-order chi connectivity index (χ0) is 11.6. The molecule has 84 valence electrons. The number of aliphatic hydroxyl groups is 1. The minimum atomic E-state index is -4.70. The fourth-order valence-electron chi connectivity index (χ4n) is 0.995. The molecular weight excluding hydrogens is 221 g/mol. The molecule has 1 rings (SSSR count). The van der Waals surface area contributed by atoms with Crippen molar-refractivity contribution in [3.63, 3.8) is 0 Å². The Balaban J connectivity index is 3.19. The van der Waals surface area contributed by atoms with E-state index < -0.39 is 36.2 Å². The lowest BCUT2D eigenvalue weighted by Gasteiger charge is -2.10. The van der Waals surface area contributed by atoms with Gasteiger partial charge >= 0.3 is 6.18 Å². The molecule has 0 unspecified atom stereocenters. The highest BCUT2D eigenvalue weighted by Crippen LogP contribution is 2.30. The number of hydrogen-bond acceptors (Lipinski definition) is 2. The molecule has 0 aliphatic rings. The van der Waals surface area contributed by atoms with Gasteiger partial charge in [-0.25, -0.2) is 13.8 Å². The summed E-state index contributed by atoms with van der Waals surface area (Å²) in [5.41, 5.74) is -2.64. The van der Waals surface area contributed by atoms with Crippen molar-refractivity contribution in [2.75, 3.05) is 0 Å². The lowest BCUT2D eigenvalue weighted by Crippen LogP contribution is -2.11. The third kappa shape index (κ3) is 2.62. The summed E-state index contributed by atoms with van der Waals surface area (Å²) >= 11 is 0. The van der Waals surface area contributed by atoms with Crippen molar-refractivity contribution in [3.05, 3.63) is 29.1 Å². The van der Waals surface area contributed by atoms with Crippen LogP contribution in [-0.4, -0.2) is 10.1 Å². The van der Waals surface area contributed by atoms with Gasteiger partial charge in [0.25, 0.3) is 6.43 Å². The molecule has 15 heavy (non-hydrogen) atoms. The van der Waals surface area contributed by atoms with Crippen molar-refractivity contribution >= 4 is 0 Å². The summed E-state index contributed by atoms with van der Waals surface area (Å²) < 4.78 is 60.7. The molecule has 0 amide bonds. The summed E-state index contributed by atoms with van der Waals surface area (Å²) in [6.07, 6.45) is -7.66. The lowest BCUT2D eigenvalue weighted by atomic mass is 10.2. The van der Waals surface area contributed by atoms with E-state index in [1.165, 1.54) is 0 Å². The van der Waals surface area contributed by atoms with Crippen molar-refractivity contribution in [1.29, 1.82) is 0 Å². The van der Waals surface area contributed by atoms with E-state index in [9.17, 15) is 22.0 Å². The molecule has 0 spiro atoms. The molecule has 7 heteroatoms. The molecule has 1 aromatic heterocycles. The molecule has 0 fully saturated rings. The van der Waals surface area contributed by atoms with Gasteiger partial charge in [0.15, 0.2) is 0 Å². The second-order valence-corrected chi connectivity index (χ2v) is 2.69. The summed E-state index contributed by atoms with van der Waals surface area (Å²) in [6.45, 7) is -0.955. The van der Waals surface area contributed by atoms with Gasteiger partial charge in [-0.05, 0) is 12.1 Å².